The zero-order valence-corrected chi connectivity index (χ0v) is 5.05. The molecule has 0 aliphatic carbocycles. The molecule has 0 amide bonds. The maximum atomic E-state index is 8.43. The number of nitrogens with two attached hydrogens (primary N) is 1. The third-order valence-electron chi connectivity index (χ3n) is 0.659. The summed E-state index contributed by atoms with van der Waals surface area (Å²) < 4.78 is 4.67. The normalized spacial score (nSPS) is 10.5. The summed E-state index contributed by atoms with van der Waals surface area (Å²) in [5.41, 5.74) is 5.14. The van der Waals surface area contributed by atoms with Crippen LogP contribution in [-0.4, -0.2) is 18.3 Å². The van der Waals surface area contributed by atoms with Gasteiger partial charge in [0.05, 0.1) is 6.61 Å². The summed E-state index contributed by atoms with van der Waals surface area (Å²) in [5.74, 6) is 0. The van der Waals surface area contributed by atoms with Crippen LogP contribution in [0.2, 0.25) is 0 Å². The number of ether oxygens (including phenoxy) is 1. The lowest BCUT2D eigenvalue weighted by atomic mass is 10.5. The summed E-state index contributed by atoms with van der Waals surface area (Å²) in [7, 11) is 0. The third kappa shape index (κ3) is 5.88. The summed E-state index contributed by atoms with van der Waals surface area (Å²) >= 11 is 0. The van der Waals surface area contributed by atoms with Crippen LogP contribution in [0.3, 0.4) is 0 Å². The van der Waals surface area contributed by atoms with Gasteiger partial charge in [0.2, 0.25) is 6.29 Å². The Morgan fingerprint density at radius 3 is 2.75 bits per heavy atom. The maximum Gasteiger partial charge on any atom is 0.217 e. The predicted molar refractivity (Wildman–Crippen MR) is 30.5 cm³/mol. The van der Waals surface area contributed by atoms with E-state index in [4.69, 9.17) is 10.8 Å². The van der Waals surface area contributed by atoms with Gasteiger partial charge in [-0.25, -0.2) is 0 Å². The van der Waals surface area contributed by atoms with Crippen LogP contribution in [0.1, 0.15) is 13.3 Å². The molecule has 0 spiro atoms. The molecule has 0 bridgehead atoms. The summed E-state index contributed by atoms with van der Waals surface area (Å²) in [4.78, 5) is 0. The lowest BCUT2D eigenvalue weighted by molar-refractivity contribution is 0.0147. The predicted octanol–water partition coefficient (Wildman–Crippen LogP) is 0.234. The Kier molecular flexibility index (Phi) is 4.95. The molecular weight excluding hydrogens is 106 g/mol. The molecule has 0 aromatic heterocycles. The van der Waals surface area contributed by atoms with Crippen LogP contribution in [0.5, 0.6) is 0 Å². The van der Waals surface area contributed by atoms with Crippen molar-refractivity contribution in [3.8, 4) is 0 Å². The van der Waals surface area contributed by atoms with Gasteiger partial charge >= 0.3 is 0 Å². The lowest BCUT2D eigenvalue weighted by Crippen LogP contribution is -2.05. The molecule has 49 valence electrons. The minimum absolute atomic E-state index is 0.0125. The molecular formula is C5H12NO2. The standard InChI is InChI=1S/C5H12NO2/c1-5(7)8-4-2-3-6/h7H,2-4,6H2,1H3. The molecule has 0 saturated carbocycles. The Hall–Kier alpha value is -0.120. The monoisotopic (exact) mass is 118 g/mol. The highest BCUT2D eigenvalue weighted by Crippen LogP contribution is 1.92. The van der Waals surface area contributed by atoms with Gasteiger partial charge in [-0.05, 0) is 19.9 Å². The van der Waals surface area contributed by atoms with Gasteiger partial charge in [0.1, 0.15) is 0 Å². The number of aliphatic hydroxyl groups excluding tert-OH is 1. The molecule has 0 fully saturated rings. The first-order valence-corrected chi connectivity index (χ1v) is 2.62. The van der Waals surface area contributed by atoms with Crippen molar-refractivity contribution >= 4 is 0 Å². The molecule has 0 aromatic rings. The molecule has 3 heteroatoms. The minimum atomic E-state index is 0.0125. The summed E-state index contributed by atoms with van der Waals surface area (Å²) in [6.07, 6.45) is 0.802. The number of aliphatic hydroxyl groups is 1. The molecule has 0 aliphatic heterocycles. The van der Waals surface area contributed by atoms with E-state index >= 15 is 0 Å². The second-order valence-electron chi connectivity index (χ2n) is 1.51. The van der Waals surface area contributed by atoms with Crippen molar-refractivity contribution in [2.24, 2.45) is 5.73 Å². The third-order valence-corrected chi connectivity index (χ3v) is 0.659. The quantitative estimate of drug-likeness (QED) is 0.520. The topological polar surface area (TPSA) is 55.5 Å². The highest BCUT2D eigenvalue weighted by atomic mass is 16.6. The van der Waals surface area contributed by atoms with Gasteiger partial charge < -0.3 is 15.6 Å². The smallest absolute Gasteiger partial charge is 0.217 e. The van der Waals surface area contributed by atoms with E-state index < -0.39 is 0 Å². The highest BCUT2D eigenvalue weighted by molar-refractivity contribution is 4.48. The van der Waals surface area contributed by atoms with Gasteiger partial charge in [-0.1, -0.05) is 0 Å². The molecule has 0 atom stereocenters. The van der Waals surface area contributed by atoms with Crippen molar-refractivity contribution in [1.82, 2.24) is 0 Å². The van der Waals surface area contributed by atoms with Crippen LogP contribution < -0.4 is 5.73 Å². The van der Waals surface area contributed by atoms with Crippen LogP contribution in [-0.2, 0) is 4.74 Å². The zero-order chi connectivity index (χ0) is 6.41. The Labute approximate surface area is 49.4 Å². The Bertz CT molecular complexity index is 47.7. The molecule has 0 saturated heterocycles. The SMILES string of the molecule is C[C](O)OCCCN. The van der Waals surface area contributed by atoms with Crippen LogP contribution >= 0.6 is 0 Å². The molecule has 0 rings (SSSR count). The highest BCUT2D eigenvalue weighted by Gasteiger charge is 1.92. The molecule has 0 unspecified atom stereocenters. The minimum Gasteiger partial charge on any atom is -0.362 e. The summed E-state index contributed by atoms with van der Waals surface area (Å²) in [6.45, 7) is 2.61. The molecule has 0 heterocycles. The van der Waals surface area contributed by atoms with E-state index in [0.717, 1.165) is 6.42 Å². The second-order valence-corrected chi connectivity index (χ2v) is 1.51. The number of hydrogen-bond acceptors (Lipinski definition) is 3. The molecule has 0 aromatic carbocycles. The van der Waals surface area contributed by atoms with Gasteiger partial charge in [-0.15, -0.1) is 0 Å². The van der Waals surface area contributed by atoms with Crippen molar-refractivity contribution in [2.75, 3.05) is 13.2 Å². The van der Waals surface area contributed by atoms with E-state index in [1.807, 2.05) is 0 Å². The zero-order valence-electron chi connectivity index (χ0n) is 5.05. The fourth-order valence-electron chi connectivity index (χ4n) is 0.303. The maximum absolute atomic E-state index is 8.43. The average Bonchev–Trinajstić information content (AvgIpc) is 1.66. The van der Waals surface area contributed by atoms with E-state index in [2.05, 4.69) is 4.74 Å². The van der Waals surface area contributed by atoms with Gasteiger partial charge in [-0.3, -0.25) is 0 Å². The van der Waals surface area contributed by atoms with Crippen molar-refractivity contribution in [3.63, 3.8) is 0 Å². The van der Waals surface area contributed by atoms with E-state index in [1.165, 1.54) is 6.92 Å². The van der Waals surface area contributed by atoms with Crippen molar-refractivity contribution in [1.29, 1.82) is 0 Å². The van der Waals surface area contributed by atoms with Gasteiger partial charge in [-0.2, -0.15) is 0 Å². The average molecular weight is 118 g/mol. The molecule has 3 nitrogen and oxygen atoms in total. The fraction of sp³-hybridized carbons (Fsp3) is 0.800. The first kappa shape index (κ1) is 7.88. The number of rotatable bonds is 4. The van der Waals surface area contributed by atoms with Crippen LogP contribution in [0.25, 0.3) is 0 Å². The van der Waals surface area contributed by atoms with Crippen molar-refractivity contribution < 1.29 is 9.84 Å². The first-order chi connectivity index (χ1) is 3.77. The summed E-state index contributed by atoms with van der Waals surface area (Å²) in [6, 6.07) is 0. The molecule has 3 N–H and O–H groups in total. The fourth-order valence-corrected chi connectivity index (χ4v) is 0.303. The van der Waals surface area contributed by atoms with Gasteiger partial charge in [0, 0.05) is 0 Å². The van der Waals surface area contributed by atoms with E-state index in [0.29, 0.717) is 13.2 Å². The number of hydrogen-bond donors (Lipinski definition) is 2. The molecule has 1 radical (unpaired) electrons. The van der Waals surface area contributed by atoms with E-state index in [9.17, 15) is 0 Å². The Morgan fingerprint density at radius 1 is 1.75 bits per heavy atom. The van der Waals surface area contributed by atoms with E-state index in [-0.39, 0.29) is 6.29 Å². The van der Waals surface area contributed by atoms with Crippen molar-refractivity contribution in [2.45, 2.75) is 13.3 Å². The molecule has 8 heavy (non-hydrogen) atoms. The van der Waals surface area contributed by atoms with Crippen molar-refractivity contribution in [3.05, 3.63) is 6.29 Å². The molecule has 0 aliphatic rings. The van der Waals surface area contributed by atoms with Crippen LogP contribution in [0.4, 0.5) is 0 Å². The first-order valence-electron chi connectivity index (χ1n) is 2.62. The Balaban J connectivity index is 2.72. The largest absolute Gasteiger partial charge is 0.362 e. The van der Waals surface area contributed by atoms with Gasteiger partial charge in [0.15, 0.2) is 0 Å². The van der Waals surface area contributed by atoms with Gasteiger partial charge in [0.25, 0.3) is 0 Å². The van der Waals surface area contributed by atoms with Crippen LogP contribution in [0.15, 0.2) is 0 Å². The van der Waals surface area contributed by atoms with Crippen LogP contribution in [0, 0.1) is 6.29 Å². The Morgan fingerprint density at radius 2 is 2.38 bits per heavy atom. The lowest BCUT2D eigenvalue weighted by Gasteiger charge is -2.01. The second kappa shape index (κ2) is 5.03. The summed E-state index contributed by atoms with van der Waals surface area (Å²) in [5, 5.41) is 8.43. The van der Waals surface area contributed by atoms with E-state index in [1.54, 1.807) is 0 Å².